The topological polar surface area (TPSA) is 33.2 Å². The van der Waals surface area contributed by atoms with Gasteiger partial charge < -0.3 is 4.90 Å². The summed E-state index contributed by atoms with van der Waals surface area (Å²) in [6, 6.07) is 16.4. The fourth-order valence-electron chi connectivity index (χ4n) is 3.10. The Kier molecular flexibility index (Phi) is 3.90. The summed E-state index contributed by atoms with van der Waals surface area (Å²) in [6.07, 6.45) is 1.59. The molecule has 0 spiro atoms. The van der Waals surface area contributed by atoms with Crippen molar-refractivity contribution >= 4 is 22.9 Å². The summed E-state index contributed by atoms with van der Waals surface area (Å²) >= 11 is 1.66. The average Bonchev–Trinajstić information content (AvgIpc) is 3.24. The second-order valence-electron chi connectivity index (χ2n) is 6.05. The Morgan fingerprint density at radius 1 is 1.12 bits per heavy atom. The van der Waals surface area contributed by atoms with Crippen LogP contribution in [0, 0.1) is 6.92 Å². The number of rotatable bonds is 3. The van der Waals surface area contributed by atoms with E-state index in [1.807, 2.05) is 29.2 Å². The molecule has 2 heterocycles. The highest BCUT2D eigenvalue weighted by Gasteiger charge is 2.22. The molecular weight excluding hydrogens is 316 g/mol. The lowest BCUT2D eigenvalue weighted by Gasteiger charge is -2.16. The standard InChI is InChI=1S/C20H18N2OS/c1-14-6-2-3-9-17(14)20-21-18(13-24-20)15-7-4-8-16(12-15)22-11-5-10-19(22)23/h2-4,6-9,12-13H,5,10-11H2,1H3. The van der Waals surface area contributed by atoms with Crippen molar-refractivity contribution in [3.8, 4) is 21.8 Å². The normalized spacial score (nSPS) is 14.4. The molecule has 1 aliphatic rings. The highest BCUT2D eigenvalue weighted by Crippen LogP contribution is 2.32. The predicted octanol–water partition coefficient (Wildman–Crippen LogP) is 4.91. The predicted molar refractivity (Wildman–Crippen MR) is 99.3 cm³/mol. The lowest BCUT2D eigenvalue weighted by atomic mass is 10.1. The van der Waals surface area contributed by atoms with Crippen LogP contribution in [0.25, 0.3) is 21.8 Å². The molecule has 1 aromatic heterocycles. The molecule has 0 bridgehead atoms. The number of aromatic nitrogens is 1. The number of thiazole rings is 1. The van der Waals surface area contributed by atoms with Crippen molar-refractivity contribution in [1.82, 2.24) is 4.98 Å². The molecule has 1 saturated heterocycles. The minimum Gasteiger partial charge on any atom is -0.312 e. The molecule has 120 valence electrons. The van der Waals surface area contributed by atoms with Gasteiger partial charge >= 0.3 is 0 Å². The van der Waals surface area contributed by atoms with E-state index in [0.29, 0.717) is 6.42 Å². The smallest absolute Gasteiger partial charge is 0.227 e. The molecule has 0 N–H and O–H groups in total. The number of hydrogen-bond acceptors (Lipinski definition) is 3. The van der Waals surface area contributed by atoms with Crippen molar-refractivity contribution in [3.63, 3.8) is 0 Å². The molecule has 0 aliphatic carbocycles. The highest BCUT2D eigenvalue weighted by atomic mass is 32.1. The van der Waals surface area contributed by atoms with Crippen molar-refractivity contribution < 1.29 is 4.79 Å². The van der Waals surface area contributed by atoms with Crippen LogP contribution in [-0.4, -0.2) is 17.4 Å². The molecule has 0 saturated carbocycles. The van der Waals surface area contributed by atoms with E-state index >= 15 is 0 Å². The second kappa shape index (κ2) is 6.21. The largest absolute Gasteiger partial charge is 0.312 e. The third kappa shape index (κ3) is 2.74. The maximum Gasteiger partial charge on any atom is 0.227 e. The van der Waals surface area contributed by atoms with Crippen LogP contribution in [0.2, 0.25) is 0 Å². The van der Waals surface area contributed by atoms with Gasteiger partial charge in [0.15, 0.2) is 0 Å². The van der Waals surface area contributed by atoms with E-state index in [-0.39, 0.29) is 5.91 Å². The Morgan fingerprint density at radius 2 is 2.00 bits per heavy atom. The van der Waals surface area contributed by atoms with Gasteiger partial charge in [-0.05, 0) is 31.0 Å². The maximum atomic E-state index is 12.0. The van der Waals surface area contributed by atoms with E-state index in [9.17, 15) is 4.79 Å². The van der Waals surface area contributed by atoms with Crippen LogP contribution in [0.3, 0.4) is 0 Å². The number of hydrogen-bond donors (Lipinski definition) is 0. The highest BCUT2D eigenvalue weighted by molar-refractivity contribution is 7.13. The SMILES string of the molecule is Cc1ccccc1-c1nc(-c2cccc(N3CCCC3=O)c2)cs1. The molecule has 4 rings (SSSR count). The summed E-state index contributed by atoms with van der Waals surface area (Å²) in [5.41, 5.74) is 5.41. The molecular formula is C20H18N2OS. The zero-order chi connectivity index (χ0) is 16.5. The number of anilines is 1. The molecule has 1 amide bonds. The number of nitrogens with zero attached hydrogens (tertiary/aromatic N) is 2. The van der Waals surface area contributed by atoms with Gasteiger partial charge in [0.25, 0.3) is 0 Å². The molecule has 3 nitrogen and oxygen atoms in total. The van der Waals surface area contributed by atoms with Crippen LogP contribution in [-0.2, 0) is 4.79 Å². The summed E-state index contributed by atoms with van der Waals surface area (Å²) < 4.78 is 0. The Bertz CT molecular complexity index is 900. The third-order valence-corrected chi connectivity index (χ3v) is 5.28. The van der Waals surface area contributed by atoms with Crippen LogP contribution < -0.4 is 4.90 Å². The fourth-order valence-corrected chi connectivity index (χ4v) is 4.02. The Labute approximate surface area is 145 Å². The average molecular weight is 334 g/mol. The van der Waals surface area contributed by atoms with Gasteiger partial charge in [-0.3, -0.25) is 4.79 Å². The van der Waals surface area contributed by atoms with Crippen molar-refractivity contribution in [1.29, 1.82) is 0 Å². The van der Waals surface area contributed by atoms with Crippen molar-refractivity contribution in [2.24, 2.45) is 0 Å². The Morgan fingerprint density at radius 3 is 2.79 bits per heavy atom. The van der Waals surface area contributed by atoms with E-state index in [1.54, 1.807) is 11.3 Å². The van der Waals surface area contributed by atoms with Gasteiger partial charge in [0.05, 0.1) is 5.69 Å². The number of carbonyl (C=O) groups excluding carboxylic acids is 1. The maximum absolute atomic E-state index is 12.0. The van der Waals surface area contributed by atoms with Crippen molar-refractivity contribution in [3.05, 3.63) is 59.5 Å². The minimum absolute atomic E-state index is 0.214. The van der Waals surface area contributed by atoms with E-state index in [1.165, 1.54) is 11.1 Å². The summed E-state index contributed by atoms with van der Waals surface area (Å²) in [5, 5.41) is 3.12. The van der Waals surface area contributed by atoms with Crippen LogP contribution in [0.15, 0.2) is 53.9 Å². The molecule has 0 atom stereocenters. The molecule has 24 heavy (non-hydrogen) atoms. The number of amides is 1. The summed E-state index contributed by atoms with van der Waals surface area (Å²) in [5.74, 6) is 0.214. The molecule has 3 aromatic rings. The molecule has 4 heteroatoms. The zero-order valence-corrected chi connectivity index (χ0v) is 14.3. The Hall–Kier alpha value is -2.46. The lowest BCUT2D eigenvalue weighted by Crippen LogP contribution is -2.23. The van der Waals surface area contributed by atoms with Crippen LogP contribution >= 0.6 is 11.3 Å². The van der Waals surface area contributed by atoms with Crippen LogP contribution in [0.1, 0.15) is 18.4 Å². The quantitative estimate of drug-likeness (QED) is 0.681. The lowest BCUT2D eigenvalue weighted by molar-refractivity contribution is -0.117. The first-order chi connectivity index (χ1) is 11.7. The van der Waals surface area contributed by atoms with Crippen molar-refractivity contribution in [2.45, 2.75) is 19.8 Å². The Balaban J connectivity index is 1.68. The van der Waals surface area contributed by atoms with Gasteiger partial charge in [-0.1, -0.05) is 36.4 Å². The first-order valence-electron chi connectivity index (χ1n) is 8.15. The van der Waals surface area contributed by atoms with E-state index in [2.05, 4.69) is 36.6 Å². The number of carbonyl (C=O) groups is 1. The number of benzene rings is 2. The summed E-state index contributed by atoms with van der Waals surface area (Å²) in [6.45, 7) is 2.92. The van der Waals surface area contributed by atoms with Crippen LogP contribution in [0.4, 0.5) is 5.69 Å². The monoisotopic (exact) mass is 334 g/mol. The minimum atomic E-state index is 0.214. The van der Waals surface area contributed by atoms with Gasteiger partial charge in [0.2, 0.25) is 5.91 Å². The molecule has 1 aliphatic heterocycles. The first-order valence-corrected chi connectivity index (χ1v) is 9.03. The zero-order valence-electron chi connectivity index (χ0n) is 13.5. The van der Waals surface area contributed by atoms with Gasteiger partial charge in [0, 0.05) is 35.2 Å². The third-order valence-electron chi connectivity index (χ3n) is 4.41. The summed E-state index contributed by atoms with van der Waals surface area (Å²) in [4.78, 5) is 18.6. The van der Waals surface area contributed by atoms with Gasteiger partial charge in [-0.25, -0.2) is 4.98 Å². The summed E-state index contributed by atoms with van der Waals surface area (Å²) in [7, 11) is 0. The van der Waals surface area contributed by atoms with Gasteiger partial charge in [-0.2, -0.15) is 0 Å². The molecule has 2 aromatic carbocycles. The van der Waals surface area contributed by atoms with E-state index < -0.39 is 0 Å². The first kappa shape index (κ1) is 15.1. The molecule has 0 unspecified atom stereocenters. The number of aryl methyl sites for hydroxylation is 1. The van der Waals surface area contributed by atoms with Gasteiger partial charge in [-0.15, -0.1) is 11.3 Å². The van der Waals surface area contributed by atoms with E-state index in [4.69, 9.17) is 4.98 Å². The fraction of sp³-hybridized carbons (Fsp3) is 0.200. The molecule has 1 fully saturated rings. The van der Waals surface area contributed by atoms with E-state index in [0.717, 1.165) is 34.9 Å². The van der Waals surface area contributed by atoms with Crippen molar-refractivity contribution in [2.75, 3.05) is 11.4 Å². The van der Waals surface area contributed by atoms with Crippen LogP contribution in [0.5, 0.6) is 0 Å². The van der Waals surface area contributed by atoms with Gasteiger partial charge in [0.1, 0.15) is 5.01 Å². The second-order valence-corrected chi connectivity index (χ2v) is 6.91. The molecule has 0 radical (unpaired) electrons.